The van der Waals surface area contributed by atoms with Crippen LogP contribution in [0.1, 0.15) is 26.7 Å². The Kier molecular flexibility index (Phi) is 5.22. The van der Waals surface area contributed by atoms with Gasteiger partial charge in [0.15, 0.2) is 0 Å². The molecule has 0 radical (unpaired) electrons. The van der Waals surface area contributed by atoms with E-state index in [2.05, 4.69) is 34.5 Å². The molecular weight excluding hydrogens is 306 g/mol. The fraction of sp³-hybridized carbons (Fsp3) is 0.765. The van der Waals surface area contributed by atoms with Gasteiger partial charge in [0.05, 0.1) is 12.2 Å². The lowest BCUT2D eigenvalue weighted by Crippen LogP contribution is -2.56. The number of rotatable bonds is 5. The molecule has 0 bridgehead atoms. The first-order chi connectivity index (χ1) is 11.5. The van der Waals surface area contributed by atoms with Crippen LogP contribution in [-0.4, -0.2) is 72.1 Å². The van der Waals surface area contributed by atoms with Crippen molar-refractivity contribution in [2.75, 3.05) is 45.9 Å². The molecule has 1 amide bonds. The zero-order chi connectivity index (χ0) is 17.0. The van der Waals surface area contributed by atoms with Crippen LogP contribution in [0.3, 0.4) is 0 Å². The lowest BCUT2D eigenvalue weighted by atomic mass is 9.87. The smallest absolute Gasteiger partial charge is 0.248 e. The van der Waals surface area contributed by atoms with E-state index >= 15 is 0 Å². The van der Waals surface area contributed by atoms with Crippen molar-refractivity contribution in [2.45, 2.75) is 37.8 Å². The summed E-state index contributed by atoms with van der Waals surface area (Å²) in [7, 11) is 0. The van der Waals surface area contributed by atoms with Crippen LogP contribution in [0, 0.1) is 0 Å². The minimum atomic E-state index is -0.557. The standard InChI is InChI=1S/C17H29N5O2/c1-16(2)14-21(12-13-24-16)11-9-19-15(23)17(4-7-18-8-5-17)22-10-3-6-20-22/h3,6,10,18H,4-5,7-9,11-14H2,1-2H3,(H,19,23). The maximum absolute atomic E-state index is 12.9. The monoisotopic (exact) mass is 335 g/mol. The van der Waals surface area contributed by atoms with Crippen LogP contribution in [0.2, 0.25) is 0 Å². The minimum absolute atomic E-state index is 0.0835. The number of piperidine rings is 1. The molecule has 1 aromatic rings. The van der Waals surface area contributed by atoms with Crippen molar-refractivity contribution in [2.24, 2.45) is 0 Å². The predicted molar refractivity (Wildman–Crippen MR) is 91.8 cm³/mol. The molecule has 7 heteroatoms. The molecule has 0 aromatic carbocycles. The van der Waals surface area contributed by atoms with Crippen molar-refractivity contribution in [1.29, 1.82) is 0 Å². The van der Waals surface area contributed by atoms with Crippen molar-refractivity contribution in [1.82, 2.24) is 25.3 Å². The van der Waals surface area contributed by atoms with Crippen LogP contribution < -0.4 is 10.6 Å². The van der Waals surface area contributed by atoms with Crippen molar-refractivity contribution < 1.29 is 9.53 Å². The molecule has 2 N–H and O–H groups in total. The summed E-state index contributed by atoms with van der Waals surface area (Å²) in [4.78, 5) is 15.3. The molecule has 0 unspecified atom stereocenters. The molecule has 2 fully saturated rings. The Hall–Kier alpha value is -1.44. The third-order valence-electron chi connectivity index (χ3n) is 5.01. The van der Waals surface area contributed by atoms with Crippen LogP contribution >= 0.6 is 0 Å². The van der Waals surface area contributed by atoms with E-state index in [0.29, 0.717) is 6.54 Å². The molecule has 0 saturated carbocycles. The molecule has 1 aromatic heterocycles. The lowest BCUT2D eigenvalue weighted by molar-refractivity contribution is -0.132. The highest BCUT2D eigenvalue weighted by Crippen LogP contribution is 2.27. The fourth-order valence-electron chi connectivity index (χ4n) is 3.72. The van der Waals surface area contributed by atoms with E-state index in [0.717, 1.165) is 52.2 Å². The van der Waals surface area contributed by atoms with Crippen LogP contribution in [-0.2, 0) is 15.1 Å². The Morgan fingerprint density at radius 1 is 1.38 bits per heavy atom. The molecular formula is C17H29N5O2. The Labute approximate surface area is 143 Å². The minimum Gasteiger partial charge on any atom is -0.373 e. The molecule has 0 atom stereocenters. The summed E-state index contributed by atoms with van der Waals surface area (Å²) >= 11 is 0. The van der Waals surface area contributed by atoms with Gasteiger partial charge in [0.2, 0.25) is 5.91 Å². The summed E-state index contributed by atoms with van der Waals surface area (Å²) in [5.41, 5.74) is -0.660. The molecule has 2 saturated heterocycles. The highest BCUT2D eigenvalue weighted by atomic mass is 16.5. The molecule has 0 spiro atoms. The van der Waals surface area contributed by atoms with Crippen molar-refractivity contribution in [3.63, 3.8) is 0 Å². The second kappa shape index (κ2) is 7.21. The number of aromatic nitrogens is 2. The summed E-state index contributed by atoms with van der Waals surface area (Å²) in [5.74, 6) is 0.0835. The van der Waals surface area contributed by atoms with Gasteiger partial charge < -0.3 is 15.4 Å². The summed E-state index contributed by atoms with van der Waals surface area (Å²) < 4.78 is 7.57. The lowest BCUT2D eigenvalue weighted by Gasteiger charge is -2.39. The van der Waals surface area contributed by atoms with Gasteiger partial charge in [0, 0.05) is 38.6 Å². The van der Waals surface area contributed by atoms with E-state index in [4.69, 9.17) is 4.74 Å². The van der Waals surface area contributed by atoms with Crippen molar-refractivity contribution in [3.05, 3.63) is 18.5 Å². The van der Waals surface area contributed by atoms with E-state index in [9.17, 15) is 4.79 Å². The van der Waals surface area contributed by atoms with Crippen LogP contribution in [0.25, 0.3) is 0 Å². The number of nitrogens with one attached hydrogen (secondary N) is 2. The Morgan fingerprint density at radius 2 is 2.17 bits per heavy atom. The van der Waals surface area contributed by atoms with E-state index in [1.807, 2.05) is 16.9 Å². The molecule has 2 aliphatic rings. The number of morpholine rings is 1. The second-order valence-electron chi connectivity index (χ2n) is 7.37. The number of amides is 1. The second-order valence-corrected chi connectivity index (χ2v) is 7.37. The van der Waals surface area contributed by atoms with Crippen LogP contribution in [0.15, 0.2) is 18.5 Å². The molecule has 3 heterocycles. The molecule has 24 heavy (non-hydrogen) atoms. The summed E-state index contributed by atoms with van der Waals surface area (Å²) in [5, 5.41) is 10.8. The summed E-state index contributed by atoms with van der Waals surface area (Å²) in [6.45, 7) is 9.99. The van der Waals surface area contributed by atoms with Gasteiger partial charge in [-0.25, -0.2) is 0 Å². The third kappa shape index (κ3) is 3.79. The Bertz CT molecular complexity index is 537. The van der Waals surface area contributed by atoms with Gasteiger partial charge in [-0.1, -0.05) is 0 Å². The van der Waals surface area contributed by atoms with E-state index < -0.39 is 5.54 Å². The van der Waals surface area contributed by atoms with Crippen molar-refractivity contribution >= 4 is 5.91 Å². The number of ether oxygens (including phenoxy) is 1. The molecule has 7 nitrogen and oxygen atoms in total. The zero-order valence-electron chi connectivity index (χ0n) is 14.8. The quantitative estimate of drug-likeness (QED) is 0.804. The number of hydrogen-bond donors (Lipinski definition) is 2. The predicted octanol–water partition coefficient (Wildman–Crippen LogP) is 0.189. The summed E-state index contributed by atoms with van der Waals surface area (Å²) in [6, 6.07) is 1.88. The van der Waals surface area contributed by atoms with Gasteiger partial charge >= 0.3 is 0 Å². The first kappa shape index (κ1) is 17.4. The van der Waals surface area contributed by atoms with Gasteiger partial charge in [-0.05, 0) is 45.8 Å². The number of carbonyl (C=O) groups is 1. The number of nitrogens with zero attached hydrogens (tertiary/aromatic N) is 3. The van der Waals surface area contributed by atoms with Crippen LogP contribution in [0.4, 0.5) is 0 Å². The van der Waals surface area contributed by atoms with Gasteiger partial charge in [0.1, 0.15) is 5.54 Å². The van der Waals surface area contributed by atoms with E-state index in [1.165, 1.54) is 0 Å². The Balaban J connectivity index is 1.56. The summed E-state index contributed by atoms with van der Waals surface area (Å²) in [6.07, 6.45) is 5.18. The van der Waals surface area contributed by atoms with E-state index in [-0.39, 0.29) is 11.5 Å². The molecule has 2 aliphatic heterocycles. The molecule has 0 aliphatic carbocycles. The highest BCUT2D eigenvalue weighted by Gasteiger charge is 2.41. The zero-order valence-corrected chi connectivity index (χ0v) is 14.8. The average Bonchev–Trinajstić information content (AvgIpc) is 3.09. The van der Waals surface area contributed by atoms with Gasteiger partial charge in [-0.2, -0.15) is 5.10 Å². The van der Waals surface area contributed by atoms with Crippen LogP contribution in [0.5, 0.6) is 0 Å². The third-order valence-corrected chi connectivity index (χ3v) is 5.01. The highest BCUT2D eigenvalue weighted by molar-refractivity contribution is 5.84. The first-order valence-corrected chi connectivity index (χ1v) is 8.87. The van der Waals surface area contributed by atoms with Gasteiger partial charge in [0.25, 0.3) is 0 Å². The average molecular weight is 335 g/mol. The largest absolute Gasteiger partial charge is 0.373 e. The number of hydrogen-bond acceptors (Lipinski definition) is 5. The molecule has 3 rings (SSSR count). The maximum atomic E-state index is 12.9. The molecule has 134 valence electrons. The first-order valence-electron chi connectivity index (χ1n) is 8.87. The number of carbonyl (C=O) groups excluding carboxylic acids is 1. The van der Waals surface area contributed by atoms with Gasteiger partial charge in [-0.15, -0.1) is 0 Å². The maximum Gasteiger partial charge on any atom is 0.248 e. The fourth-order valence-corrected chi connectivity index (χ4v) is 3.72. The SMILES string of the molecule is CC1(C)CN(CCNC(=O)C2(n3cccn3)CCNCC2)CCO1. The van der Waals surface area contributed by atoms with Gasteiger partial charge in [-0.3, -0.25) is 14.4 Å². The normalized spacial score (nSPS) is 23.8. The Morgan fingerprint density at radius 3 is 2.83 bits per heavy atom. The van der Waals surface area contributed by atoms with E-state index in [1.54, 1.807) is 6.20 Å². The van der Waals surface area contributed by atoms with Crippen molar-refractivity contribution in [3.8, 4) is 0 Å². The topological polar surface area (TPSA) is 71.4 Å².